The van der Waals surface area contributed by atoms with Gasteiger partial charge in [-0.05, 0) is 31.9 Å². The number of rotatable bonds is 3. The Bertz CT molecular complexity index is 663. The lowest BCUT2D eigenvalue weighted by atomic mass is 9.76. The monoisotopic (exact) mass is 350 g/mol. The molecule has 2 aliphatic rings. The minimum absolute atomic E-state index is 0.180. The van der Waals surface area contributed by atoms with Gasteiger partial charge in [-0.25, -0.2) is 0 Å². The topological polar surface area (TPSA) is 100 Å². The van der Waals surface area contributed by atoms with E-state index in [0.29, 0.717) is 25.9 Å². The van der Waals surface area contributed by atoms with Gasteiger partial charge in [0, 0.05) is 20.1 Å². The Balaban J connectivity index is 1.80. The largest absolute Gasteiger partial charge is 0.466 e. The number of amides is 2. The molecule has 136 valence electrons. The molecule has 0 radical (unpaired) electrons. The second-order valence-corrected chi connectivity index (χ2v) is 6.44. The molecular weight excluding hydrogens is 328 g/mol. The molecule has 2 fully saturated rings. The van der Waals surface area contributed by atoms with Crippen LogP contribution in [0.25, 0.3) is 0 Å². The van der Waals surface area contributed by atoms with Crippen LogP contribution >= 0.6 is 0 Å². The Labute approximate surface area is 145 Å². The van der Waals surface area contributed by atoms with Crippen molar-refractivity contribution in [2.24, 2.45) is 5.92 Å². The normalized spacial score (nSPS) is 25.5. The van der Waals surface area contributed by atoms with Gasteiger partial charge in [-0.3, -0.25) is 14.4 Å². The molecule has 0 saturated carbocycles. The quantitative estimate of drug-likeness (QED) is 0.785. The summed E-state index contributed by atoms with van der Waals surface area (Å²) in [4.78, 5) is 40.1. The highest BCUT2D eigenvalue weighted by molar-refractivity contribution is 5.93. The molecule has 2 saturated heterocycles. The maximum Gasteiger partial charge on any atom is 0.314 e. The first-order valence-corrected chi connectivity index (χ1v) is 8.37. The summed E-state index contributed by atoms with van der Waals surface area (Å²) in [5.41, 5.74) is -0.831. The first-order chi connectivity index (χ1) is 11.9. The van der Waals surface area contributed by atoms with Crippen LogP contribution < -0.4 is 0 Å². The molecule has 1 aromatic rings. The lowest BCUT2D eigenvalue weighted by Crippen LogP contribution is -2.57. The molecule has 3 heterocycles. The molecule has 8 heteroatoms. The van der Waals surface area contributed by atoms with Gasteiger partial charge < -0.3 is 24.1 Å². The minimum Gasteiger partial charge on any atom is -0.466 e. The first kappa shape index (κ1) is 17.5. The Morgan fingerprint density at radius 1 is 1.40 bits per heavy atom. The van der Waals surface area contributed by atoms with Crippen LogP contribution in [0.5, 0.6) is 0 Å². The number of hydrogen-bond acceptors (Lipinski definition) is 6. The SMILES string of the molecule is CCOC(=O)[C@@H]1[C@@H](O)C(=O)N(C)C12CCN(C(=O)c1ccco1)CC2. The van der Waals surface area contributed by atoms with Gasteiger partial charge in [-0.1, -0.05) is 0 Å². The summed E-state index contributed by atoms with van der Waals surface area (Å²) in [7, 11) is 1.59. The summed E-state index contributed by atoms with van der Waals surface area (Å²) in [6.07, 6.45) is 0.816. The molecular formula is C17H22N2O6. The minimum atomic E-state index is -1.41. The third-order valence-corrected chi connectivity index (χ3v) is 5.34. The van der Waals surface area contributed by atoms with Crippen LogP contribution in [-0.2, 0) is 14.3 Å². The van der Waals surface area contributed by atoms with Gasteiger partial charge in [0.1, 0.15) is 12.0 Å². The number of carbonyl (C=O) groups excluding carboxylic acids is 3. The van der Waals surface area contributed by atoms with Crippen molar-refractivity contribution in [1.29, 1.82) is 0 Å². The van der Waals surface area contributed by atoms with E-state index in [1.165, 1.54) is 11.2 Å². The fourth-order valence-electron chi connectivity index (χ4n) is 3.94. The summed E-state index contributed by atoms with van der Waals surface area (Å²) in [6, 6.07) is 3.25. The summed E-state index contributed by atoms with van der Waals surface area (Å²) in [5, 5.41) is 10.3. The summed E-state index contributed by atoms with van der Waals surface area (Å²) < 4.78 is 10.2. The van der Waals surface area contributed by atoms with E-state index in [9.17, 15) is 19.5 Å². The lowest BCUT2D eigenvalue weighted by molar-refractivity contribution is -0.155. The Morgan fingerprint density at radius 3 is 2.64 bits per heavy atom. The van der Waals surface area contributed by atoms with Crippen LogP contribution in [0.4, 0.5) is 0 Å². The maximum absolute atomic E-state index is 12.4. The van der Waals surface area contributed by atoms with E-state index in [4.69, 9.17) is 9.15 Å². The molecule has 1 spiro atoms. The highest BCUT2D eigenvalue weighted by atomic mass is 16.5. The predicted octanol–water partition coefficient (Wildman–Crippen LogP) is 0.267. The van der Waals surface area contributed by atoms with Crippen LogP contribution in [0.1, 0.15) is 30.3 Å². The van der Waals surface area contributed by atoms with Crippen molar-refractivity contribution in [3.63, 3.8) is 0 Å². The van der Waals surface area contributed by atoms with E-state index in [1.807, 2.05) is 0 Å². The van der Waals surface area contributed by atoms with Crippen molar-refractivity contribution in [3.05, 3.63) is 24.2 Å². The average Bonchev–Trinajstić information content (AvgIpc) is 3.20. The number of likely N-dealkylation sites (tertiary alicyclic amines) is 2. The van der Waals surface area contributed by atoms with E-state index in [0.717, 1.165) is 0 Å². The van der Waals surface area contributed by atoms with Crippen LogP contribution in [0, 0.1) is 5.92 Å². The number of aliphatic hydroxyl groups is 1. The third kappa shape index (κ3) is 2.70. The van der Waals surface area contributed by atoms with E-state index >= 15 is 0 Å². The molecule has 1 N–H and O–H groups in total. The van der Waals surface area contributed by atoms with Crippen molar-refractivity contribution < 1.29 is 28.6 Å². The zero-order valence-electron chi connectivity index (χ0n) is 14.3. The molecule has 0 unspecified atom stereocenters. The lowest BCUT2D eigenvalue weighted by Gasteiger charge is -2.45. The van der Waals surface area contributed by atoms with Gasteiger partial charge in [0.05, 0.1) is 18.4 Å². The zero-order chi connectivity index (χ0) is 18.2. The van der Waals surface area contributed by atoms with Crippen LogP contribution in [0.3, 0.4) is 0 Å². The van der Waals surface area contributed by atoms with Crippen LogP contribution in [0.2, 0.25) is 0 Å². The van der Waals surface area contributed by atoms with Gasteiger partial charge >= 0.3 is 5.97 Å². The van der Waals surface area contributed by atoms with Gasteiger partial charge in [0.15, 0.2) is 5.76 Å². The van der Waals surface area contributed by atoms with Crippen molar-refractivity contribution in [1.82, 2.24) is 9.80 Å². The van der Waals surface area contributed by atoms with E-state index < -0.39 is 29.4 Å². The summed E-state index contributed by atoms with van der Waals surface area (Å²) >= 11 is 0. The number of piperidine rings is 1. The van der Waals surface area contributed by atoms with Gasteiger partial charge in [0.25, 0.3) is 11.8 Å². The number of aliphatic hydroxyl groups excluding tert-OH is 1. The smallest absolute Gasteiger partial charge is 0.314 e. The number of ether oxygens (including phenoxy) is 1. The van der Waals surface area contributed by atoms with Crippen LogP contribution in [0.15, 0.2) is 22.8 Å². The number of esters is 1. The highest BCUT2D eigenvalue weighted by Crippen LogP contribution is 2.43. The van der Waals surface area contributed by atoms with Gasteiger partial charge in [0.2, 0.25) is 0 Å². The van der Waals surface area contributed by atoms with Crippen LogP contribution in [-0.4, -0.2) is 71.1 Å². The molecule has 8 nitrogen and oxygen atoms in total. The molecule has 0 bridgehead atoms. The molecule has 0 aliphatic carbocycles. The molecule has 2 atom stereocenters. The summed E-state index contributed by atoms with van der Waals surface area (Å²) in [5.74, 6) is -1.96. The Kier molecular flexibility index (Phi) is 4.55. The van der Waals surface area contributed by atoms with E-state index in [2.05, 4.69) is 0 Å². The highest BCUT2D eigenvalue weighted by Gasteiger charge is 2.61. The number of furan rings is 1. The number of likely N-dealkylation sites (N-methyl/N-ethyl adjacent to an activating group) is 1. The van der Waals surface area contributed by atoms with Crippen molar-refractivity contribution in [2.45, 2.75) is 31.4 Å². The van der Waals surface area contributed by atoms with Crippen molar-refractivity contribution in [2.75, 3.05) is 26.7 Å². The fourth-order valence-corrected chi connectivity index (χ4v) is 3.94. The van der Waals surface area contributed by atoms with Crippen molar-refractivity contribution >= 4 is 17.8 Å². The van der Waals surface area contributed by atoms with Gasteiger partial charge in [-0.2, -0.15) is 0 Å². The number of hydrogen-bond donors (Lipinski definition) is 1. The number of carbonyl (C=O) groups is 3. The standard InChI is InChI=1S/C17H22N2O6/c1-3-24-16(23)12-13(20)15(22)18(2)17(12)6-8-19(9-7-17)14(21)11-5-4-10-25-11/h4-5,10,12-13,20H,3,6-9H2,1-2H3/t12-,13+/m0/s1. The second-order valence-electron chi connectivity index (χ2n) is 6.44. The number of nitrogens with zero attached hydrogens (tertiary/aromatic N) is 2. The first-order valence-electron chi connectivity index (χ1n) is 8.37. The zero-order valence-corrected chi connectivity index (χ0v) is 14.3. The molecule has 1 aromatic heterocycles. The van der Waals surface area contributed by atoms with Gasteiger partial charge in [-0.15, -0.1) is 0 Å². The average molecular weight is 350 g/mol. The molecule has 3 rings (SSSR count). The summed E-state index contributed by atoms with van der Waals surface area (Å²) in [6.45, 7) is 2.58. The molecule has 2 amide bonds. The Hall–Kier alpha value is -2.35. The molecule has 2 aliphatic heterocycles. The fraction of sp³-hybridized carbons (Fsp3) is 0.588. The Morgan fingerprint density at radius 2 is 2.08 bits per heavy atom. The molecule has 0 aromatic carbocycles. The predicted molar refractivity (Wildman–Crippen MR) is 85.5 cm³/mol. The third-order valence-electron chi connectivity index (χ3n) is 5.34. The second kappa shape index (κ2) is 6.51. The molecule has 25 heavy (non-hydrogen) atoms. The van der Waals surface area contributed by atoms with E-state index in [-0.39, 0.29) is 18.3 Å². The van der Waals surface area contributed by atoms with Crippen molar-refractivity contribution in [3.8, 4) is 0 Å². The maximum atomic E-state index is 12.4. The van der Waals surface area contributed by atoms with E-state index in [1.54, 1.807) is 31.0 Å².